The molecule has 1 N–H and O–H groups in total. The molecule has 0 saturated heterocycles. The van der Waals surface area contributed by atoms with Crippen molar-refractivity contribution in [3.05, 3.63) is 106 Å². The monoisotopic (exact) mass is 410 g/mol. The van der Waals surface area contributed by atoms with Crippen LogP contribution in [0.4, 0.5) is 5.69 Å². The van der Waals surface area contributed by atoms with Crippen LogP contribution in [0.15, 0.2) is 84.0 Å². The normalized spacial score (nSPS) is 11.0. The lowest BCUT2D eigenvalue weighted by Gasteiger charge is -2.09. The minimum Gasteiger partial charge on any atom is -0.267 e. The highest BCUT2D eigenvalue weighted by atomic mass is 16.6. The van der Waals surface area contributed by atoms with Gasteiger partial charge in [-0.15, -0.1) is 0 Å². The molecule has 1 amide bonds. The van der Waals surface area contributed by atoms with Gasteiger partial charge in [0, 0.05) is 28.6 Å². The van der Waals surface area contributed by atoms with E-state index in [4.69, 9.17) is 0 Å². The van der Waals surface area contributed by atoms with Crippen molar-refractivity contribution in [1.29, 1.82) is 0 Å². The summed E-state index contributed by atoms with van der Waals surface area (Å²) in [4.78, 5) is 28.0. The van der Waals surface area contributed by atoms with Crippen LogP contribution in [-0.2, 0) is 0 Å². The van der Waals surface area contributed by atoms with Crippen molar-refractivity contribution < 1.29 is 9.72 Å². The number of nitro groups is 1. The lowest BCUT2D eigenvalue weighted by molar-refractivity contribution is -0.384. The maximum atomic E-state index is 12.9. The summed E-state index contributed by atoms with van der Waals surface area (Å²) in [5, 5.41) is 15.6. The van der Waals surface area contributed by atoms with Crippen LogP contribution in [0.1, 0.15) is 21.5 Å². The highest BCUT2D eigenvalue weighted by molar-refractivity contribution is 6.07. The van der Waals surface area contributed by atoms with Crippen LogP contribution < -0.4 is 5.43 Å². The molecular weight excluding hydrogens is 392 g/mol. The first-order valence-corrected chi connectivity index (χ1v) is 9.56. The number of amides is 1. The molecule has 0 aliphatic rings. The molecule has 0 radical (unpaired) electrons. The highest BCUT2D eigenvalue weighted by Gasteiger charge is 2.13. The minimum absolute atomic E-state index is 0.0434. The highest BCUT2D eigenvalue weighted by Crippen LogP contribution is 2.25. The van der Waals surface area contributed by atoms with Crippen molar-refractivity contribution in [2.24, 2.45) is 5.10 Å². The summed E-state index contributed by atoms with van der Waals surface area (Å²) in [5.41, 5.74) is 6.85. The third kappa shape index (κ3) is 4.45. The molecule has 0 aliphatic carbocycles. The maximum absolute atomic E-state index is 12.9. The Kier molecular flexibility index (Phi) is 5.49. The molecule has 0 atom stereocenters. The van der Waals surface area contributed by atoms with E-state index in [1.54, 1.807) is 18.2 Å². The van der Waals surface area contributed by atoms with Crippen LogP contribution >= 0.6 is 0 Å². The molecule has 0 saturated carbocycles. The zero-order valence-electron chi connectivity index (χ0n) is 16.6. The third-order valence-electron chi connectivity index (χ3n) is 4.77. The second kappa shape index (κ2) is 8.54. The molecule has 1 heterocycles. The topological polar surface area (TPSA) is 97.5 Å². The molecule has 0 bridgehead atoms. The van der Waals surface area contributed by atoms with Crippen LogP contribution in [0.2, 0.25) is 0 Å². The Morgan fingerprint density at radius 2 is 1.81 bits per heavy atom. The van der Waals surface area contributed by atoms with Crippen molar-refractivity contribution in [3.8, 4) is 11.3 Å². The van der Waals surface area contributed by atoms with Crippen LogP contribution in [0.3, 0.4) is 0 Å². The molecular formula is C24H18N4O3. The van der Waals surface area contributed by atoms with Gasteiger partial charge in [0.2, 0.25) is 0 Å². The minimum atomic E-state index is -0.481. The molecule has 152 valence electrons. The van der Waals surface area contributed by atoms with Crippen LogP contribution in [0.25, 0.3) is 22.2 Å². The van der Waals surface area contributed by atoms with E-state index in [0.29, 0.717) is 27.7 Å². The number of fused-ring (bicyclic) bond motifs is 1. The number of rotatable bonds is 5. The number of para-hydroxylation sites is 1. The van der Waals surface area contributed by atoms with Gasteiger partial charge in [-0.05, 0) is 19.1 Å². The predicted molar refractivity (Wildman–Crippen MR) is 120 cm³/mol. The quantitative estimate of drug-likeness (QED) is 0.288. The first-order valence-electron chi connectivity index (χ1n) is 9.56. The predicted octanol–water partition coefficient (Wildman–Crippen LogP) is 4.88. The second-order valence-electron chi connectivity index (χ2n) is 6.99. The number of nitrogens with one attached hydrogen (secondary N) is 1. The van der Waals surface area contributed by atoms with Gasteiger partial charge in [0.1, 0.15) is 0 Å². The van der Waals surface area contributed by atoms with Gasteiger partial charge in [-0.3, -0.25) is 14.9 Å². The molecule has 7 heteroatoms. The number of pyridine rings is 1. The first kappa shape index (κ1) is 19.9. The average Bonchev–Trinajstić information content (AvgIpc) is 2.79. The summed E-state index contributed by atoms with van der Waals surface area (Å²) in [6, 6.07) is 23.1. The number of carbonyl (C=O) groups is 1. The number of non-ortho nitro benzene ring substituents is 1. The Labute approximate surface area is 178 Å². The van der Waals surface area contributed by atoms with Gasteiger partial charge < -0.3 is 0 Å². The second-order valence-corrected chi connectivity index (χ2v) is 6.99. The summed E-state index contributed by atoms with van der Waals surface area (Å²) in [7, 11) is 0. The van der Waals surface area contributed by atoms with Gasteiger partial charge in [-0.1, -0.05) is 60.2 Å². The van der Waals surface area contributed by atoms with Crippen molar-refractivity contribution in [3.63, 3.8) is 0 Å². The van der Waals surface area contributed by atoms with E-state index in [9.17, 15) is 14.9 Å². The van der Waals surface area contributed by atoms with Gasteiger partial charge in [0.25, 0.3) is 11.6 Å². The Morgan fingerprint density at radius 1 is 1.03 bits per heavy atom. The summed E-state index contributed by atoms with van der Waals surface area (Å²) < 4.78 is 0. The fourth-order valence-corrected chi connectivity index (χ4v) is 3.18. The summed E-state index contributed by atoms with van der Waals surface area (Å²) in [5.74, 6) is -0.395. The molecule has 0 spiro atoms. The van der Waals surface area contributed by atoms with E-state index in [0.717, 1.165) is 11.1 Å². The van der Waals surface area contributed by atoms with E-state index < -0.39 is 10.8 Å². The number of benzene rings is 3. The van der Waals surface area contributed by atoms with Crippen LogP contribution in [0, 0.1) is 17.0 Å². The SMILES string of the molecule is Cc1ccc(-c2cc(C(=O)N/N=C\c3cccc([N+](=O)[O-])c3)c3ccccc3n2)cc1. The Morgan fingerprint density at radius 3 is 2.58 bits per heavy atom. The maximum Gasteiger partial charge on any atom is 0.272 e. The Bertz CT molecular complexity index is 1310. The third-order valence-corrected chi connectivity index (χ3v) is 4.77. The Hall–Kier alpha value is -4.39. The summed E-state index contributed by atoms with van der Waals surface area (Å²) in [6.45, 7) is 2.01. The summed E-state index contributed by atoms with van der Waals surface area (Å²) >= 11 is 0. The summed E-state index contributed by atoms with van der Waals surface area (Å²) in [6.07, 6.45) is 1.37. The molecule has 0 fully saturated rings. The number of hydrogen-bond donors (Lipinski definition) is 1. The molecule has 4 aromatic rings. The van der Waals surface area contributed by atoms with Crippen LogP contribution in [-0.4, -0.2) is 22.0 Å². The van der Waals surface area contributed by atoms with Crippen molar-refractivity contribution in [2.75, 3.05) is 0 Å². The molecule has 31 heavy (non-hydrogen) atoms. The van der Waals surface area contributed by atoms with Crippen molar-refractivity contribution in [2.45, 2.75) is 6.92 Å². The van der Waals surface area contributed by atoms with Crippen molar-refractivity contribution >= 4 is 28.7 Å². The number of carbonyl (C=O) groups excluding carboxylic acids is 1. The number of hydrogen-bond acceptors (Lipinski definition) is 5. The van der Waals surface area contributed by atoms with Gasteiger partial charge in [-0.25, -0.2) is 10.4 Å². The van der Waals surface area contributed by atoms with Crippen LogP contribution in [0.5, 0.6) is 0 Å². The smallest absolute Gasteiger partial charge is 0.267 e. The van der Waals surface area contributed by atoms with Crippen molar-refractivity contribution in [1.82, 2.24) is 10.4 Å². The van der Waals surface area contributed by atoms with E-state index >= 15 is 0 Å². The van der Waals surface area contributed by atoms with Gasteiger partial charge in [-0.2, -0.15) is 5.10 Å². The molecule has 4 rings (SSSR count). The zero-order valence-corrected chi connectivity index (χ0v) is 16.6. The van der Waals surface area contributed by atoms with Gasteiger partial charge >= 0.3 is 0 Å². The molecule has 1 aromatic heterocycles. The molecule has 0 aliphatic heterocycles. The standard InChI is InChI=1S/C24H18N4O3/c1-16-9-11-18(12-10-16)23-14-21(20-7-2-3-8-22(20)26-23)24(29)27-25-15-17-5-4-6-19(13-17)28(30)31/h2-15H,1H3,(H,27,29)/b25-15-. The van der Waals surface area contributed by atoms with Gasteiger partial charge in [0.05, 0.1) is 27.9 Å². The number of nitrogens with zero attached hydrogens (tertiary/aromatic N) is 3. The van der Waals surface area contributed by atoms with E-state index in [1.807, 2.05) is 55.5 Å². The number of nitro benzene ring substituents is 1. The lowest BCUT2D eigenvalue weighted by atomic mass is 10.0. The lowest BCUT2D eigenvalue weighted by Crippen LogP contribution is -2.18. The largest absolute Gasteiger partial charge is 0.272 e. The Balaban J connectivity index is 1.65. The fraction of sp³-hybridized carbons (Fsp3) is 0.0417. The number of aryl methyl sites for hydroxylation is 1. The van der Waals surface area contributed by atoms with Gasteiger partial charge in [0.15, 0.2) is 0 Å². The molecule has 0 unspecified atom stereocenters. The van der Waals surface area contributed by atoms with E-state index in [2.05, 4.69) is 15.5 Å². The van der Waals surface area contributed by atoms with E-state index in [1.165, 1.54) is 18.3 Å². The van der Waals surface area contributed by atoms with E-state index in [-0.39, 0.29) is 5.69 Å². The fourth-order valence-electron chi connectivity index (χ4n) is 3.18. The molecule has 7 nitrogen and oxygen atoms in total. The number of hydrazone groups is 1. The number of aromatic nitrogens is 1. The average molecular weight is 410 g/mol. The zero-order chi connectivity index (χ0) is 21.8. The molecule has 3 aromatic carbocycles. The first-order chi connectivity index (χ1) is 15.0.